The summed E-state index contributed by atoms with van der Waals surface area (Å²) in [5.74, 6) is 0.654. The average molecular weight is 369 g/mol. The van der Waals surface area contributed by atoms with Gasteiger partial charge in [0.15, 0.2) is 0 Å². The minimum Gasteiger partial charge on any atom is -0.0988 e. The molecule has 0 saturated carbocycles. The highest BCUT2D eigenvalue weighted by Crippen LogP contribution is 2.51. The van der Waals surface area contributed by atoms with Gasteiger partial charge in [0.1, 0.15) is 0 Å². The minimum atomic E-state index is 0.0819. The number of rotatable bonds is 9. The van der Waals surface area contributed by atoms with Crippen molar-refractivity contribution in [2.24, 2.45) is 11.3 Å². The summed E-state index contributed by atoms with van der Waals surface area (Å²) in [4.78, 5) is 0. The third-order valence-electron chi connectivity index (χ3n) is 6.11. The summed E-state index contributed by atoms with van der Waals surface area (Å²) >= 11 is 0. The van der Waals surface area contributed by atoms with Gasteiger partial charge in [0, 0.05) is 0 Å². The highest BCUT2D eigenvalue weighted by atomic mass is 14.5. The standard InChI is InChI=1S/C25H38.C2H6/c1-9-22(19-20(4)5)18-17-21(6)25(10-2,11-3)24(7,8)23-15-13-12-14-16-23;1-2/h9,12-18,20H,1,10-11,19H2,2-8H3;1-2H3/b21-17+,22-18+;. The average Bonchev–Trinajstić information content (AvgIpc) is 2.68. The fraction of sp³-hybridized carbons (Fsp3) is 0.556. The SMILES string of the molecule is C=C/C(=C\C=C(/C)C(CC)(CC)C(C)(C)c1ccccc1)CC(C)C.CC. The molecular formula is C27H44. The number of benzene rings is 1. The van der Waals surface area contributed by atoms with Crippen molar-refractivity contribution in [2.45, 2.75) is 87.0 Å². The number of hydrogen-bond donors (Lipinski definition) is 0. The van der Waals surface area contributed by atoms with E-state index >= 15 is 0 Å². The Bertz CT molecular complexity index is 592. The van der Waals surface area contributed by atoms with E-state index in [4.69, 9.17) is 0 Å². The van der Waals surface area contributed by atoms with Crippen LogP contribution < -0.4 is 0 Å². The molecule has 0 aromatic heterocycles. The molecule has 0 N–H and O–H groups in total. The Morgan fingerprint density at radius 1 is 1.00 bits per heavy atom. The van der Waals surface area contributed by atoms with E-state index in [1.807, 2.05) is 19.9 Å². The maximum atomic E-state index is 3.99. The van der Waals surface area contributed by atoms with Crippen molar-refractivity contribution in [1.82, 2.24) is 0 Å². The first-order valence-electron chi connectivity index (χ1n) is 10.8. The largest absolute Gasteiger partial charge is 0.0988 e. The second kappa shape index (κ2) is 12.0. The number of allylic oxidation sites excluding steroid dienone is 5. The molecule has 0 heteroatoms. The van der Waals surface area contributed by atoms with Gasteiger partial charge in [0.25, 0.3) is 0 Å². The lowest BCUT2D eigenvalue weighted by Gasteiger charge is -2.48. The summed E-state index contributed by atoms with van der Waals surface area (Å²) in [5, 5.41) is 0. The van der Waals surface area contributed by atoms with Crippen molar-refractivity contribution < 1.29 is 0 Å². The van der Waals surface area contributed by atoms with Crippen LogP contribution in [0.3, 0.4) is 0 Å². The van der Waals surface area contributed by atoms with Gasteiger partial charge in [0.2, 0.25) is 0 Å². The van der Waals surface area contributed by atoms with Gasteiger partial charge in [-0.2, -0.15) is 0 Å². The second-order valence-electron chi connectivity index (χ2n) is 8.17. The van der Waals surface area contributed by atoms with Crippen molar-refractivity contribution >= 4 is 0 Å². The highest BCUT2D eigenvalue weighted by Gasteiger charge is 2.44. The van der Waals surface area contributed by atoms with Crippen LogP contribution in [-0.4, -0.2) is 0 Å². The van der Waals surface area contributed by atoms with Gasteiger partial charge in [-0.3, -0.25) is 0 Å². The molecule has 0 aliphatic heterocycles. The van der Waals surface area contributed by atoms with Crippen LogP contribution in [0, 0.1) is 11.3 Å². The van der Waals surface area contributed by atoms with Crippen molar-refractivity contribution in [3.05, 3.63) is 71.8 Å². The Morgan fingerprint density at radius 2 is 1.52 bits per heavy atom. The summed E-state index contributed by atoms with van der Waals surface area (Å²) in [6.07, 6.45) is 9.98. The molecule has 0 aliphatic carbocycles. The topological polar surface area (TPSA) is 0 Å². The maximum Gasteiger partial charge on any atom is -0.000148 e. The van der Waals surface area contributed by atoms with Gasteiger partial charge in [-0.1, -0.05) is 116 Å². The molecule has 0 saturated heterocycles. The summed E-state index contributed by atoms with van der Waals surface area (Å²) in [7, 11) is 0. The van der Waals surface area contributed by atoms with Crippen LogP contribution in [0.4, 0.5) is 0 Å². The molecular weight excluding hydrogens is 324 g/mol. The van der Waals surface area contributed by atoms with Gasteiger partial charge < -0.3 is 0 Å². The van der Waals surface area contributed by atoms with Crippen LogP contribution in [0.15, 0.2) is 66.3 Å². The molecule has 0 spiro atoms. The molecule has 27 heavy (non-hydrogen) atoms. The zero-order valence-electron chi connectivity index (χ0n) is 19.5. The quantitative estimate of drug-likeness (QED) is 0.382. The van der Waals surface area contributed by atoms with E-state index in [2.05, 4.69) is 97.5 Å². The van der Waals surface area contributed by atoms with Crippen LogP contribution in [0.5, 0.6) is 0 Å². The molecule has 0 amide bonds. The van der Waals surface area contributed by atoms with E-state index in [1.54, 1.807) is 0 Å². The fourth-order valence-electron chi connectivity index (χ4n) is 4.40. The molecule has 0 nitrogen and oxygen atoms in total. The number of hydrogen-bond acceptors (Lipinski definition) is 0. The van der Waals surface area contributed by atoms with Crippen molar-refractivity contribution in [3.8, 4) is 0 Å². The lowest BCUT2D eigenvalue weighted by atomic mass is 9.56. The van der Waals surface area contributed by atoms with Crippen molar-refractivity contribution in [3.63, 3.8) is 0 Å². The molecule has 0 radical (unpaired) electrons. The predicted molar refractivity (Wildman–Crippen MR) is 125 cm³/mol. The Kier molecular flexibility index (Phi) is 11.3. The maximum absolute atomic E-state index is 3.99. The van der Waals surface area contributed by atoms with E-state index in [1.165, 1.54) is 16.7 Å². The van der Waals surface area contributed by atoms with Crippen molar-refractivity contribution in [1.29, 1.82) is 0 Å². The van der Waals surface area contributed by atoms with Gasteiger partial charge >= 0.3 is 0 Å². The van der Waals surface area contributed by atoms with Gasteiger partial charge in [-0.15, -0.1) is 0 Å². The Morgan fingerprint density at radius 3 is 1.93 bits per heavy atom. The monoisotopic (exact) mass is 368 g/mol. The molecule has 0 aliphatic rings. The van der Waals surface area contributed by atoms with Gasteiger partial charge in [-0.05, 0) is 54.1 Å². The predicted octanol–water partition coefficient (Wildman–Crippen LogP) is 8.90. The first-order chi connectivity index (χ1) is 12.7. The summed E-state index contributed by atoms with van der Waals surface area (Å²) in [5.41, 5.74) is 4.44. The third kappa shape index (κ3) is 6.23. The molecule has 152 valence electrons. The van der Waals surface area contributed by atoms with Gasteiger partial charge in [0.05, 0.1) is 0 Å². The molecule has 0 unspecified atom stereocenters. The normalized spacial score (nSPS) is 13.3. The first-order valence-corrected chi connectivity index (χ1v) is 10.8. The molecule has 0 bridgehead atoms. The summed E-state index contributed by atoms with van der Waals surface area (Å²) in [6.45, 7) is 24.3. The van der Waals surface area contributed by atoms with Crippen molar-refractivity contribution in [2.75, 3.05) is 0 Å². The van der Waals surface area contributed by atoms with Crippen LogP contribution >= 0.6 is 0 Å². The molecule has 1 aromatic rings. The Labute approximate surface area is 170 Å². The minimum absolute atomic E-state index is 0.0819. The third-order valence-corrected chi connectivity index (χ3v) is 6.11. The Balaban J connectivity index is 0.00000326. The van der Waals surface area contributed by atoms with E-state index in [-0.39, 0.29) is 10.8 Å². The lowest BCUT2D eigenvalue weighted by molar-refractivity contribution is 0.177. The Hall–Kier alpha value is -1.56. The zero-order valence-corrected chi connectivity index (χ0v) is 19.5. The zero-order chi connectivity index (χ0) is 21.1. The molecule has 1 rings (SSSR count). The van der Waals surface area contributed by atoms with Crippen LogP contribution in [-0.2, 0) is 5.41 Å². The van der Waals surface area contributed by atoms with E-state index < -0.39 is 0 Å². The fourth-order valence-corrected chi connectivity index (χ4v) is 4.40. The smallest absolute Gasteiger partial charge is 0.000148 e. The molecule has 1 aromatic carbocycles. The summed E-state index contributed by atoms with van der Waals surface area (Å²) < 4.78 is 0. The molecule has 0 heterocycles. The van der Waals surface area contributed by atoms with Crippen LogP contribution in [0.1, 0.15) is 87.1 Å². The van der Waals surface area contributed by atoms with E-state index in [0.29, 0.717) is 5.92 Å². The van der Waals surface area contributed by atoms with Crippen LogP contribution in [0.25, 0.3) is 0 Å². The molecule has 0 fully saturated rings. The molecule has 0 atom stereocenters. The van der Waals surface area contributed by atoms with E-state index in [9.17, 15) is 0 Å². The first kappa shape index (κ1) is 25.4. The lowest BCUT2D eigenvalue weighted by Crippen LogP contribution is -2.41. The van der Waals surface area contributed by atoms with Gasteiger partial charge in [-0.25, -0.2) is 0 Å². The van der Waals surface area contributed by atoms with Crippen LogP contribution in [0.2, 0.25) is 0 Å². The summed E-state index contributed by atoms with van der Waals surface area (Å²) in [6, 6.07) is 11.0. The van der Waals surface area contributed by atoms with E-state index in [0.717, 1.165) is 19.3 Å². The second-order valence-corrected chi connectivity index (χ2v) is 8.17. The highest BCUT2D eigenvalue weighted by molar-refractivity contribution is 5.35.